The Morgan fingerprint density at radius 2 is 2.21 bits per heavy atom. The average Bonchev–Trinajstić information content (AvgIpc) is 2.89. The molecule has 7 nitrogen and oxygen atoms in total. The van der Waals surface area contributed by atoms with Crippen LogP contribution in [0, 0.1) is 0 Å². The number of hydrogen-bond donors (Lipinski definition) is 0. The highest BCUT2D eigenvalue weighted by molar-refractivity contribution is 6.28. The van der Waals surface area contributed by atoms with E-state index in [1.807, 2.05) is 13.8 Å². The van der Waals surface area contributed by atoms with Crippen molar-refractivity contribution in [3.63, 3.8) is 0 Å². The van der Waals surface area contributed by atoms with E-state index in [0.29, 0.717) is 19.2 Å². The number of rotatable bonds is 6. The van der Waals surface area contributed by atoms with Crippen molar-refractivity contribution >= 4 is 11.6 Å². The van der Waals surface area contributed by atoms with Crippen LogP contribution in [0.25, 0.3) is 5.95 Å². The second-order valence-corrected chi connectivity index (χ2v) is 4.08. The second-order valence-electron chi connectivity index (χ2n) is 3.74. The summed E-state index contributed by atoms with van der Waals surface area (Å²) in [4.78, 5) is 16.0. The van der Waals surface area contributed by atoms with Crippen molar-refractivity contribution in [2.75, 3.05) is 13.2 Å². The summed E-state index contributed by atoms with van der Waals surface area (Å²) < 4.78 is 12.4. The number of ether oxygens (including phenoxy) is 2. The lowest BCUT2D eigenvalue weighted by Gasteiger charge is -2.13. The van der Waals surface area contributed by atoms with Gasteiger partial charge < -0.3 is 9.47 Å². The molecule has 2 aromatic heterocycles. The van der Waals surface area contributed by atoms with E-state index in [4.69, 9.17) is 21.1 Å². The van der Waals surface area contributed by atoms with Crippen LogP contribution >= 0.6 is 11.6 Å². The standard InChI is InChI=1S/C11H14ClN5O2/c1-3-18-6-8(2)19-11-15-9(12)14-10(16-11)17-5-4-13-7-17/h4-5,7-8H,3,6H2,1-2H3. The first kappa shape index (κ1) is 13.7. The minimum Gasteiger partial charge on any atom is -0.458 e. The molecule has 0 aliphatic heterocycles. The summed E-state index contributed by atoms with van der Waals surface area (Å²) in [5, 5.41) is 0.0670. The predicted molar refractivity (Wildman–Crippen MR) is 68.5 cm³/mol. The normalized spacial score (nSPS) is 12.4. The van der Waals surface area contributed by atoms with Crippen LogP contribution in [-0.2, 0) is 4.74 Å². The summed E-state index contributed by atoms with van der Waals surface area (Å²) in [5.74, 6) is 0.358. The maximum atomic E-state index is 5.85. The van der Waals surface area contributed by atoms with Crippen LogP contribution in [0.1, 0.15) is 13.8 Å². The molecule has 2 rings (SSSR count). The van der Waals surface area contributed by atoms with Gasteiger partial charge >= 0.3 is 6.01 Å². The first-order chi connectivity index (χ1) is 9.19. The van der Waals surface area contributed by atoms with E-state index in [0.717, 1.165) is 0 Å². The molecule has 0 saturated heterocycles. The monoisotopic (exact) mass is 283 g/mol. The molecule has 19 heavy (non-hydrogen) atoms. The fourth-order valence-corrected chi connectivity index (χ4v) is 1.51. The van der Waals surface area contributed by atoms with Crippen molar-refractivity contribution in [1.82, 2.24) is 24.5 Å². The van der Waals surface area contributed by atoms with Crippen LogP contribution in [0.5, 0.6) is 6.01 Å². The molecule has 102 valence electrons. The third-order valence-corrected chi connectivity index (χ3v) is 2.34. The summed E-state index contributed by atoms with van der Waals surface area (Å²) in [7, 11) is 0. The maximum Gasteiger partial charge on any atom is 0.322 e. The Kier molecular flexibility index (Phi) is 4.64. The molecule has 0 radical (unpaired) electrons. The Morgan fingerprint density at radius 1 is 1.37 bits per heavy atom. The van der Waals surface area contributed by atoms with Gasteiger partial charge in [-0.25, -0.2) is 4.98 Å². The molecule has 0 aromatic carbocycles. The topological polar surface area (TPSA) is 75.0 Å². The zero-order chi connectivity index (χ0) is 13.7. The van der Waals surface area contributed by atoms with Crippen molar-refractivity contribution in [3.05, 3.63) is 24.0 Å². The second kappa shape index (κ2) is 6.44. The molecule has 0 spiro atoms. The fraction of sp³-hybridized carbons (Fsp3) is 0.455. The summed E-state index contributed by atoms with van der Waals surface area (Å²) in [6, 6.07) is 0.163. The maximum absolute atomic E-state index is 5.85. The van der Waals surface area contributed by atoms with E-state index in [1.165, 1.54) is 0 Å². The van der Waals surface area contributed by atoms with Crippen LogP contribution in [0.15, 0.2) is 18.7 Å². The van der Waals surface area contributed by atoms with E-state index in [1.54, 1.807) is 23.3 Å². The lowest BCUT2D eigenvalue weighted by atomic mass is 10.4. The Hall–Kier alpha value is -1.73. The van der Waals surface area contributed by atoms with Gasteiger partial charge in [0.1, 0.15) is 12.4 Å². The van der Waals surface area contributed by atoms with Crippen molar-refractivity contribution in [1.29, 1.82) is 0 Å². The van der Waals surface area contributed by atoms with Gasteiger partial charge in [-0.15, -0.1) is 0 Å². The molecule has 0 aliphatic carbocycles. The van der Waals surface area contributed by atoms with Crippen molar-refractivity contribution < 1.29 is 9.47 Å². The number of aromatic nitrogens is 5. The van der Waals surface area contributed by atoms with Gasteiger partial charge in [-0.1, -0.05) is 0 Å². The first-order valence-electron chi connectivity index (χ1n) is 5.83. The average molecular weight is 284 g/mol. The molecule has 0 saturated carbocycles. The van der Waals surface area contributed by atoms with E-state index >= 15 is 0 Å². The summed E-state index contributed by atoms with van der Waals surface area (Å²) in [6.45, 7) is 4.88. The molecule has 0 fully saturated rings. The zero-order valence-corrected chi connectivity index (χ0v) is 11.4. The lowest BCUT2D eigenvalue weighted by molar-refractivity contribution is 0.0606. The Bertz CT molecular complexity index is 520. The highest BCUT2D eigenvalue weighted by Gasteiger charge is 2.11. The summed E-state index contributed by atoms with van der Waals surface area (Å²) >= 11 is 5.85. The Balaban J connectivity index is 2.13. The van der Waals surface area contributed by atoms with Gasteiger partial charge in [0.2, 0.25) is 11.2 Å². The van der Waals surface area contributed by atoms with E-state index in [9.17, 15) is 0 Å². The molecular formula is C11H14ClN5O2. The first-order valence-corrected chi connectivity index (χ1v) is 6.21. The summed E-state index contributed by atoms with van der Waals surface area (Å²) in [5.41, 5.74) is 0. The van der Waals surface area contributed by atoms with E-state index in [2.05, 4.69) is 19.9 Å². The highest BCUT2D eigenvalue weighted by atomic mass is 35.5. The van der Waals surface area contributed by atoms with Crippen LogP contribution in [-0.4, -0.2) is 43.8 Å². The van der Waals surface area contributed by atoms with Crippen LogP contribution in [0.3, 0.4) is 0 Å². The van der Waals surface area contributed by atoms with Crippen LogP contribution < -0.4 is 4.74 Å². The number of nitrogens with zero attached hydrogens (tertiary/aromatic N) is 5. The zero-order valence-electron chi connectivity index (χ0n) is 10.7. The fourth-order valence-electron chi connectivity index (χ4n) is 1.37. The minimum absolute atomic E-state index is 0.0670. The van der Waals surface area contributed by atoms with Crippen molar-refractivity contribution in [2.24, 2.45) is 0 Å². The molecule has 2 aromatic rings. The quantitative estimate of drug-likeness (QED) is 0.800. The van der Waals surface area contributed by atoms with Gasteiger partial charge in [-0.3, -0.25) is 4.57 Å². The molecule has 2 heterocycles. The van der Waals surface area contributed by atoms with Gasteiger partial charge in [0.25, 0.3) is 0 Å². The third kappa shape index (κ3) is 3.87. The van der Waals surface area contributed by atoms with Crippen LogP contribution in [0.4, 0.5) is 0 Å². The van der Waals surface area contributed by atoms with Gasteiger partial charge in [-0.2, -0.15) is 15.0 Å². The third-order valence-electron chi connectivity index (χ3n) is 2.17. The molecule has 0 aliphatic rings. The largest absolute Gasteiger partial charge is 0.458 e. The van der Waals surface area contributed by atoms with Crippen molar-refractivity contribution in [2.45, 2.75) is 20.0 Å². The molecule has 0 N–H and O–H groups in total. The minimum atomic E-state index is -0.172. The SMILES string of the molecule is CCOCC(C)Oc1nc(Cl)nc(-n2ccnc2)n1. The van der Waals surface area contributed by atoms with Gasteiger partial charge in [-0.05, 0) is 25.4 Å². The molecule has 1 unspecified atom stereocenters. The number of imidazole rings is 1. The van der Waals surface area contributed by atoms with Gasteiger partial charge in [0.05, 0.1) is 6.61 Å². The molecular weight excluding hydrogens is 270 g/mol. The summed E-state index contributed by atoms with van der Waals surface area (Å²) in [6.07, 6.45) is 4.72. The Morgan fingerprint density at radius 3 is 2.89 bits per heavy atom. The lowest BCUT2D eigenvalue weighted by Crippen LogP contribution is -2.20. The number of halogens is 1. The smallest absolute Gasteiger partial charge is 0.322 e. The molecule has 0 amide bonds. The van der Waals surface area contributed by atoms with E-state index < -0.39 is 0 Å². The van der Waals surface area contributed by atoms with Gasteiger partial charge in [0.15, 0.2) is 0 Å². The van der Waals surface area contributed by atoms with Crippen molar-refractivity contribution in [3.8, 4) is 12.0 Å². The molecule has 8 heteroatoms. The van der Waals surface area contributed by atoms with Gasteiger partial charge in [0, 0.05) is 19.0 Å². The molecule has 0 bridgehead atoms. The Labute approximate surface area is 115 Å². The predicted octanol–water partition coefficient (Wildman–Crippen LogP) is 1.51. The highest BCUT2D eigenvalue weighted by Crippen LogP contribution is 2.12. The van der Waals surface area contributed by atoms with E-state index in [-0.39, 0.29) is 17.4 Å². The van der Waals surface area contributed by atoms with Crippen LogP contribution in [0.2, 0.25) is 5.28 Å². The molecule has 1 atom stereocenters. The number of hydrogen-bond acceptors (Lipinski definition) is 6.